The molecule has 0 unspecified atom stereocenters. The summed E-state index contributed by atoms with van der Waals surface area (Å²) in [6, 6.07) is 6.14. The molecule has 0 radical (unpaired) electrons. The molecule has 106 valence electrons. The number of methoxy groups -OCH3 is 1. The maximum absolute atomic E-state index is 11.4. The first-order valence-electron chi connectivity index (χ1n) is 6.35. The van der Waals surface area contributed by atoms with E-state index in [1.54, 1.807) is 7.11 Å². The first-order chi connectivity index (χ1) is 9.02. The Balaban J connectivity index is 2.30. The van der Waals surface area contributed by atoms with Crippen molar-refractivity contribution >= 4 is 21.8 Å². The maximum atomic E-state index is 11.4. The summed E-state index contributed by atoms with van der Waals surface area (Å²) in [6.07, 6.45) is 0.496. The van der Waals surface area contributed by atoms with E-state index in [0.717, 1.165) is 22.3 Å². The van der Waals surface area contributed by atoms with E-state index in [4.69, 9.17) is 4.74 Å². The van der Waals surface area contributed by atoms with Crippen LogP contribution in [0.15, 0.2) is 22.7 Å². The third-order valence-electron chi connectivity index (χ3n) is 2.52. The number of hydrogen-bond donors (Lipinski definition) is 2. The van der Waals surface area contributed by atoms with Gasteiger partial charge < -0.3 is 15.4 Å². The molecule has 0 spiro atoms. The van der Waals surface area contributed by atoms with Crippen LogP contribution in [0.3, 0.4) is 0 Å². The van der Waals surface area contributed by atoms with Gasteiger partial charge in [0.15, 0.2) is 0 Å². The van der Waals surface area contributed by atoms with Crippen LogP contribution in [0.4, 0.5) is 0 Å². The van der Waals surface area contributed by atoms with Crippen LogP contribution in [-0.4, -0.2) is 25.6 Å². The third-order valence-corrected chi connectivity index (χ3v) is 3.14. The standard InChI is InChI=1S/C14H21BrN2O2/c1-10(2)17-14(18)6-7-16-9-11-4-5-13(19-3)12(15)8-11/h4-5,8,10,16H,6-7,9H2,1-3H3,(H,17,18). The van der Waals surface area contributed by atoms with E-state index in [1.165, 1.54) is 0 Å². The molecule has 0 heterocycles. The van der Waals surface area contributed by atoms with Crippen molar-refractivity contribution in [3.05, 3.63) is 28.2 Å². The SMILES string of the molecule is COc1ccc(CNCCC(=O)NC(C)C)cc1Br. The first kappa shape index (κ1) is 16.0. The summed E-state index contributed by atoms with van der Waals surface area (Å²) in [6.45, 7) is 5.32. The van der Waals surface area contributed by atoms with Crippen LogP contribution in [-0.2, 0) is 11.3 Å². The van der Waals surface area contributed by atoms with Crippen molar-refractivity contribution in [2.75, 3.05) is 13.7 Å². The molecule has 0 aliphatic carbocycles. The normalized spacial score (nSPS) is 10.6. The Morgan fingerprint density at radius 3 is 2.74 bits per heavy atom. The summed E-state index contributed by atoms with van der Waals surface area (Å²) in [7, 11) is 1.64. The van der Waals surface area contributed by atoms with Gasteiger partial charge in [-0.15, -0.1) is 0 Å². The molecule has 1 aromatic rings. The summed E-state index contributed by atoms with van der Waals surface area (Å²) in [5, 5.41) is 6.11. The summed E-state index contributed by atoms with van der Waals surface area (Å²) in [5.74, 6) is 0.901. The lowest BCUT2D eigenvalue weighted by Crippen LogP contribution is -2.32. The zero-order chi connectivity index (χ0) is 14.3. The minimum atomic E-state index is 0.0819. The van der Waals surface area contributed by atoms with Crippen LogP contribution >= 0.6 is 15.9 Å². The number of amides is 1. The molecule has 0 aliphatic rings. The minimum Gasteiger partial charge on any atom is -0.496 e. The molecule has 0 bridgehead atoms. The number of carbonyl (C=O) groups is 1. The number of nitrogens with one attached hydrogen (secondary N) is 2. The Morgan fingerprint density at radius 1 is 1.42 bits per heavy atom. The fraction of sp³-hybridized carbons (Fsp3) is 0.500. The van der Waals surface area contributed by atoms with E-state index in [2.05, 4.69) is 26.6 Å². The molecule has 0 atom stereocenters. The molecule has 19 heavy (non-hydrogen) atoms. The zero-order valence-corrected chi connectivity index (χ0v) is 13.2. The van der Waals surface area contributed by atoms with Gasteiger partial charge in [-0.25, -0.2) is 0 Å². The zero-order valence-electron chi connectivity index (χ0n) is 11.6. The Bertz CT molecular complexity index is 422. The minimum absolute atomic E-state index is 0.0819. The van der Waals surface area contributed by atoms with Gasteiger partial charge in [-0.3, -0.25) is 4.79 Å². The number of hydrogen-bond acceptors (Lipinski definition) is 3. The summed E-state index contributed by atoms with van der Waals surface area (Å²) < 4.78 is 6.11. The Kier molecular flexibility index (Phi) is 6.87. The van der Waals surface area contributed by atoms with Crippen molar-refractivity contribution < 1.29 is 9.53 Å². The average molecular weight is 329 g/mol. The van der Waals surface area contributed by atoms with Gasteiger partial charge in [0.05, 0.1) is 11.6 Å². The first-order valence-corrected chi connectivity index (χ1v) is 7.14. The maximum Gasteiger partial charge on any atom is 0.221 e. The van der Waals surface area contributed by atoms with Crippen LogP contribution < -0.4 is 15.4 Å². The number of halogens is 1. The van der Waals surface area contributed by atoms with Crippen LogP contribution in [0.5, 0.6) is 5.75 Å². The highest BCUT2D eigenvalue weighted by molar-refractivity contribution is 9.10. The molecule has 1 amide bonds. The lowest BCUT2D eigenvalue weighted by molar-refractivity contribution is -0.121. The van der Waals surface area contributed by atoms with Crippen LogP contribution in [0.1, 0.15) is 25.8 Å². The van der Waals surface area contributed by atoms with Gasteiger partial charge in [0.1, 0.15) is 5.75 Å². The van der Waals surface area contributed by atoms with E-state index in [9.17, 15) is 4.79 Å². The highest BCUT2D eigenvalue weighted by atomic mass is 79.9. The molecule has 2 N–H and O–H groups in total. The van der Waals surface area contributed by atoms with Crippen LogP contribution in [0.25, 0.3) is 0 Å². The van der Waals surface area contributed by atoms with Gasteiger partial charge in [-0.1, -0.05) is 6.07 Å². The van der Waals surface area contributed by atoms with E-state index in [1.807, 2.05) is 32.0 Å². The van der Waals surface area contributed by atoms with Crippen molar-refractivity contribution in [1.29, 1.82) is 0 Å². The monoisotopic (exact) mass is 328 g/mol. The fourth-order valence-corrected chi connectivity index (χ4v) is 2.24. The van der Waals surface area contributed by atoms with Crippen LogP contribution in [0.2, 0.25) is 0 Å². The quantitative estimate of drug-likeness (QED) is 0.756. The number of ether oxygens (including phenoxy) is 1. The van der Waals surface area contributed by atoms with Crippen molar-refractivity contribution in [3.63, 3.8) is 0 Å². The highest BCUT2D eigenvalue weighted by Crippen LogP contribution is 2.25. The van der Waals surface area contributed by atoms with E-state index in [0.29, 0.717) is 13.0 Å². The molecule has 0 saturated carbocycles. The van der Waals surface area contributed by atoms with Crippen molar-refractivity contribution in [1.82, 2.24) is 10.6 Å². The van der Waals surface area contributed by atoms with Gasteiger partial charge in [-0.2, -0.15) is 0 Å². The number of rotatable bonds is 7. The molecule has 4 nitrogen and oxygen atoms in total. The predicted molar refractivity (Wildman–Crippen MR) is 80.3 cm³/mol. The molecule has 0 aromatic heterocycles. The largest absolute Gasteiger partial charge is 0.496 e. The Morgan fingerprint density at radius 2 is 2.16 bits per heavy atom. The van der Waals surface area contributed by atoms with Gasteiger partial charge >= 0.3 is 0 Å². The molecular formula is C14H21BrN2O2. The average Bonchev–Trinajstić information content (AvgIpc) is 2.34. The smallest absolute Gasteiger partial charge is 0.221 e. The third kappa shape index (κ3) is 6.07. The molecule has 5 heteroatoms. The lowest BCUT2D eigenvalue weighted by atomic mass is 10.2. The second-order valence-electron chi connectivity index (χ2n) is 4.62. The summed E-state index contributed by atoms with van der Waals surface area (Å²) in [4.78, 5) is 11.4. The predicted octanol–water partition coefficient (Wildman–Crippen LogP) is 2.46. The van der Waals surface area contributed by atoms with Gasteiger partial charge in [-0.05, 0) is 47.5 Å². The number of benzene rings is 1. The van der Waals surface area contributed by atoms with Gasteiger partial charge in [0.25, 0.3) is 0 Å². The van der Waals surface area contributed by atoms with Crippen molar-refractivity contribution in [3.8, 4) is 5.75 Å². The second-order valence-corrected chi connectivity index (χ2v) is 5.47. The molecule has 1 rings (SSSR count). The lowest BCUT2D eigenvalue weighted by Gasteiger charge is -2.09. The summed E-state index contributed by atoms with van der Waals surface area (Å²) >= 11 is 3.45. The summed E-state index contributed by atoms with van der Waals surface area (Å²) in [5.41, 5.74) is 1.15. The van der Waals surface area contributed by atoms with Gasteiger partial charge in [0, 0.05) is 25.6 Å². The van der Waals surface area contributed by atoms with Crippen molar-refractivity contribution in [2.24, 2.45) is 0 Å². The van der Waals surface area contributed by atoms with Crippen molar-refractivity contribution in [2.45, 2.75) is 32.9 Å². The van der Waals surface area contributed by atoms with E-state index < -0.39 is 0 Å². The molecular weight excluding hydrogens is 308 g/mol. The Labute approximate surface area is 123 Å². The molecule has 1 aromatic carbocycles. The molecule has 0 fully saturated rings. The molecule has 0 aliphatic heterocycles. The second kappa shape index (κ2) is 8.17. The van der Waals surface area contributed by atoms with E-state index in [-0.39, 0.29) is 11.9 Å². The van der Waals surface area contributed by atoms with Gasteiger partial charge in [0.2, 0.25) is 5.91 Å². The topological polar surface area (TPSA) is 50.4 Å². The Hall–Kier alpha value is -1.07. The fourth-order valence-electron chi connectivity index (χ4n) is 1.65. The molecule has 0 saturated heterocycles. The number of carbonyl (C=O) groups excluding carboxylic acids is 1. The highest BCUT2D eigenvalue weighted by Gasteiger charge is 2.03. The van der Waals surface area contributed by atoms with E-state index >= 15 is 0 Å². The van der Waals surface area contributed by atoms with Crippen LogP contribution in [0, 0.1) is 0 Å².